The lowest BCUT2D eigenvalue weighted by atomic mass is 10.0. The zero-order chi connectivity index (χ0) is 14.1. The van der Waals surface area contributed by atoms with E-state index in [9.17, 15) is 4.79 Å². The Labute approximate surface area is 124 Å². The van der Waals surface area contributed by atoms with Gasteiger partial charge in [-0.25, -0.2) is 0 Å². The van der Waals surface area contributed by atoms with Crippen LogP contribution < -0.4 is 5.32 Å². The summed E-state index contributed by atoms with van der Waals surface area (Å²) in [7, 11) is 0. The van der Waals surface area contributed by atoms with Crippen LogP contribution in [0.5, 0.6) is 0 Å². The van der Waals surface area contributed by atoms with Crippen molar-refractivity contribution in [3.05, 3.63) is 46.0 Å². The van der Waals surface area contributed by atoms with Gasteiger partial charge in [-0.3, -0.25) is 9.78 Å². The summed E-state index contributed by atoms with van der Waals surface area (Å²) in [5, 5.41) is 6.78. The first-order valence-corrected chi connectivity index (χ1v) is 7.27. The van der Waals surface area contributed by atoms with E-state index in [4.69, 9.17) is 4.52 Å². The maximum Gasteiger partial charge on any atom is 0.273 e. The molecule has 0 saturated heterocycles. The van der Waals surface area contributed by atoms with Gasteiger partial charge in [0.2, 0.25) is 0 Å². The van der Waals surface area contributed by atoms with Crippen molar-refractivity contribution in [3.63, 3.8) is 0 Å². The Morgan fingerprint density at radius 3 is 2.85 bits per heavy atom. The molecule has 104 valence electrons. The van der Waals surface area contributed by atoms with E-state index in [0.717, 1.165) is 22.9 Å². The molecule has 0 spiro atoms. The highest BCUT2D eigenvalue weighted by atomic mass is 79.9. The molecular formula is C14H14BrN3O2. The Bertz CT molecular complexity index is 637. The van der Waals surface area contributed by atoms with Crippen LogP contribution in [0, 0.1) is 12.8 Å². The van der Waals surface area contributed by atoms with Crippen LogP contribution in [0.3, 0.4) is 0 Å². The first-order valence-electron chi connectivity index (χ1n) is 6.48. The average molecular weight is 336 g/mol. The van der Waals surface area contributed by atoms with Crippen LogP contribution >= 0.6 is 15.9 Å². The molecule has 2 heterocycles. The second-order valence-electron chi connectivity index (χ2n) is 5.05. The van der Waals surface area contributed by atoms with Crippen LogP contribution in [0.2, 0.25) is 0 Å². The lowest BCUT2D eigenvalue weighted by molar-refractivity contribution is 0.0922. The third-order valence-corrected chi connectivity index (χ3v) is 3.76. The summed E-state index contributed by atoms with van der Waals surface area (Å²) in [6.45, 7) is 1.76. The quantitative estimate of drug-likeness (QED) is 0.932. The summed E-state index contributed by atoms with van der Waals surface area (Å²) in [4.78, 5) is 16.4. The molecule has 2 aromatic heterocycles. The smallest absolute Gasteiger partial charge is 0.273 e. The fourth-order valence-electron chi connectivity index (χ4n) is 2.19. The SMILES string of the molecule is Cc1cc(C(=O)NC(c2cncc(Br)c2)C2CC2)no1. The molecule has 3 rings (SSSR count). The summed E-state index contributed by atoms with van der Waals surface area (Å²) in [5.41, 5.74) is 1.33. The Morgan fingerprint density at radius 1 is 1.45 bits per heavy atom. The summed E-state index contributed by atoms with van der Waals surface area (Å²) in [6.07, 6.45) is 5.77. The summed E-state index contributed by atoms with van der Waals surface area (Å²) >= 11 is 3.41. The van der Waals surface area contributed by atoms with E-state index in [0.29, 0.717) is 17.4 Å². The number of halogens is 1. The molecule has 1 saturated carbocycles. The van der Waals surface area contributed by atoms with Gasteiger partial charge >= 0.3 is 0 Å². The molecule has 1 atom stereocenters. The zero-order valence-electron chi connectivity index (χ0n) is 11.0. The van der Waals surface area contributed by atoms with Crippen molar-refractivity contribution in [3.8, 4) is 0 Å². The second kappa shape index (κ2) is 5.36. The number of hydrogen-bond acceptors (Lipinski definition) is 4. The lowest BCUT2D eigenvalue weighted by Gasteiger charge is -2.17. The minimum absolute atomic E-state index is 0.0236. The van der Waals surface area contributed by atoms with Gasteiger partial charge in [-0.2, -0.15) is 0 Å². The third kappa shape index (κ3) is 2.90. The number of aryl methyl sites for hydroxylation is 1. The average Bonchev–Trinajstić information content (AvgIpc) is 3.17. The molecule has 20 heavy (non-hydrogen) atoms. The van der Waals surface area contributed by atoms with Gasteiger partial charge in [0.1, 0.15) is 5.76 Å². The number of aromatic nitrogens is 2. The predicted molar refractivity (Wildman–Crippen MR) is 76.1 cm³/mol. The minimum atomic E-state index is -0.210. The topological polar surface area (TPSA) is 68.0 Å². The summed E-state index contributed by atoms with van der Waals surface area (Å²) in [5.74, 6) is 0.893. The van der Waals surface area contributed by atoms with Gasteiger partial charge in [-0.15, -0.1) is 0 Å². The fourth-order valence-corrected chi connectivity index (χ4v) is 2.57. The zero-order valence-corrected chi connectivity index (χ0v) is 12.6. The van der Waals surface area contributed by atoms with Crippen molar-refractivity contribution in [2.45, 2.75) is 25.8 Å². The molecule has 5 nitrogen and oxygen atoms in total. The molecule has 1 aliphatic carbocycles. The number of rotatable bonds is 4. The van der Waals surface area contributed by atoms with Gasteiger partial charge in [0, 0.05) is 22.9 Å². The number of amides is 1. The van der Waals surface area contributed by atoms with E-state index in [1.54, 1.807) is 25.4 Å². The number of pyridine rings is 1. The van der Waals surface area contributed by atoms with E-state index in [2.05, 4.69) is 31.4 Å². The first-order chi connectivity index (χ1) is 9.63. The Morgan fingerprint density at radius 2 is 2.25 bits per heavy atom. The van der Waals surface area contributed by atoms with E-state index in [-0.39, 0.29) is 11.9 Å². The molecule has 1 aliphatic rings. The normalized spacial score (nSPS) is 15.9. The van der Waals surface area contributed by atoms with Crippen LogP contribution in [0.25, 0.3) is 0 Å². The summed E-state index contributed by atoms with van der Waals surface area (Å²) in [6, 6.07) is 3.60. The summed E-state index contributed by atoms with van der Waals surface area (Å²) < 4.78 is 5.85. The molecule has 6 heteroatoms. The van der Waals surface area contributed by atoms with Crippen molar-refractivity contribution in [2.75, 3.05) is 0 Å². The van der Waals surface area contributed by atoms with Crippen LogP contribution in [-0.2, 0) is 0 Å². The maximum absolute atomic E-state index is 12.2. The van der Waals surface area contributed by atoms with Crippen molar-refractivity contribution >= 4 is 21.8 Å². The number of hydrogen-bond donors (Lipinski definition) is 1. The van der Waals surface area contributed by atoms with Crippen molar-refractivity contribution in [1.82, 2.24) is 15.5 Å². The van der Waals surface area contributed by atoms with E-state index >= 15 is 0 Å². The molecule has 1 N–H and O–H groups in total. The van der Waals surface area contributed by atoms with Crippen LogP contribution in [0.1, 0.15) is 40.7 Å². The standard InChI is InChI=1S/C14H14BrN3O2/c1-8-4-12(18-20-8)14(19)17-13(9-2-3-9)10-5-11(15)7-16-6-10/h4-7,9,13H,2-3H2,1H3,(H,17,19). The van der Waals surface area contributed by atoms with Crippen molar-refractivity contribution in [1.29, 1.82) is 0 Å². The second-order valence-corrected chi connectivity index (χ2v) is 5.96. The minimum Gasteiger partial charge on any atom is -0.361 e. The van der Waals surface area contributed by atoms with Gasteiger partial charge in [0.15, 0.2) is 5.69 Å². The largest absolute Gasteiger partial charge is 0.361 e. The maximum atomic E-state index is 12.2. The van der Waals surface area contributed by atoms with E-state index in [1.165, 1.54) is 0 Å². The van der Waals surface area contributed by atoms with E-state index in [1.807, 2.05) is 6.07 Å². The molecule has 0 bridgehead atoms. The van der Waals surface area contributed by atoms with Gasteiger partial charge in [-0.1, -0.05) is 5.16 Å². The third-order valence-electron chi connectivity index (χ3n) is 3.33. The number of carbonyl (C=O) groups is 1. The molecule has 2 aromatic rings. The fraction of sp³-hybridized carbons (Fsp3) is 0.357. The lowest BCUT2D eigenvalue weighted by Crippen LogP contribution is -2.30. The Balaban J connectivity index is 1.80. The number of nitrogens with one attached hydrogen (secondary N) is 1. The highest BCUT2D eigenvalue weighted by Crippen LogP contribution is 2.41. The van der Waals surface area contributed by atoms with Gasteiger partial charge in [0.25, 0.3) is 5.91 Å². The first kappa shape index (κ1) is 13.3. The molecule has 1 fully saturated rings. The molecule has 0 radical (unpaired) electrons. The predicted octanol–water partition coefficient (Wildman–Crippen LogP) is 3.02. The molecule has 0 aromatic carbocycles. The molecule has 1 unspecified atom stereocenters. The number of carbonyl (C=O) groups excluding carboxylic acids is 1. The Kier molecular flexibility index (Phi) is 3.56. The molecule has 0 aliphatic heterocycles. The highest BCUT2D eigenvalue weighted by Gasteiger charge is 2.34. The van der Waals surface area contributed by atoms with Crippen molar-refractivity contribution in [2.24, 2.45) is 5.92 Å². The van der Waals surface area contributed by atoms with E-state index < -0.39 is 0 Å². The van der Waals surface area contributed by atoms with Crippen LogP contribution in [-0.4, -0.2) is 16.0 Å². The van der Waals surface area contributed by atoms with Crippen LogP contribution in [0.4, 0.5) is 0 Å². The van der Waals surface area contributed by atoms with Gasteiger partial charge in [-0.05, 0) is 53.2 Å². The van der Waals surface area contributed by atoms with Crippen molar-refractivity contribution < 1.29 is 9.32 Å². The molecular weight excluding hydrogens is 322 g/mol. The van der Waals surface area contributed by atoms with Gasteiger partial charge in [0.05, 0.1) is 6.04 Å². The monoisotopic (exact) mass is 335 g/mol. The highest BCUT2D eigenvalue weighted by molar-refractivity contribution is 9.10. The van der Waals surface area contributed by atoms with Crippen LogP contribution in [0.15, 0.2) is 33.5 Å². The van der Waals surface area contributed by atoms with Gasteiger partial charge < -0.3 is 9.84 Å². The Hall–Kier alpha value is -1.69. The molecule has 1 amide bonds. The number of nitrogens with zero attached hydrogens (tertiary/aromatic N) is 2.